The van der Waals surface area contributed by atoms with Gasteiger partial charge in [-0.3, -0.25) is 0 Å². The Morgan fingerprint density at radius 3 is 2.40 bits per heavy atom. The maximum absolute atomic E-state index is 5.60. The first-order valence-corrected chi connectivity index (χ1v) is 5.64. The quantitative estimate of drug-likeness (QED) is 0.644. The van der Waals surface area contributed by atoms with E-state index in [4.69, 9.17) is 6.42 Å². The van der Waals surface area contributed by atoms with Crippen molar-refractivity contribution < 1.29 is 0 Å². The van der Waals surface area contributed by atoms with Crippen LogP contribution in [-0.2, 0) is 0 Å². The van der Waals surface area contributed by atoms with E-state index in [0.717, 1.165) is 12.8 Å². The van der Waals surface area contributed by atoms with E-state index in [-0.39, 0.29) is 5.92 Å². The largest absolute Gasteiger partial charge is 0.119 e. The molecule has 0 bridgehead atoms. The first kappa shape index (κ1) is 11.9. The fraction of sp³-hybridized carbons (Fsp3) is 0.467. The van der Waals surface area contributed by atoms with Crippen LogP contribution in [0.25, 0.3) is 0 Å². The van der Waals surface area contributed by atoms with Gasteiger partial charge in [0.05, 0.1) is 0 Å². The Morgan fingerprint density at radius 1 is 1.20 bits per heavy atom. The maximum Gasteiger partial charge on any atom is 0.0452 e. The Bertz CT molecular complexity index is 380. The summed E-state index contributed by atoms with van der Waals surface area (Å²) in [6.07, 6.45) is 7.82. The zero-order valence-corrected chi connectivity index (χ0v) is 10.2. The average Bonchev–Trinajstić information content (AvgIpc) is 2.24. The lowest BCUT2D eigenvalue weighted by molar-refractivity contribution is 0.729. The number of benzene rings is 1. The zero-order chi connectivity index (χ0) is 11.4. The van der Waals surface area contributed by atoms with Crippen molar-refractivity contribution in [1.82, 2.24) is 0 Å². The van der Waals surface area contributed by atoms with Gasteiger partial charge in [-0.2, -0.15) is 0 Å². The molecule has 1 aromatic carbocycles. The van der Waals surface area contributed by atoms with Gasteiger partial charge in [-0.15, -0.1) is 6.42 Å². The van der Waals surface area contributed by atoms with Crippen molar-refractivity contribution in [3.63, 3.8) is 0 Å². The summed E-state index contributed by atoms with van der Waals surface area (Å²) in [5.74, 6) is 3.19. The van der Waals surface area contributed by atoms with Crippen LogP contribution in [0.3, 0.4) is 0 Å². The smallest absolute Gasteiger partial charge is 0.0452 e. The van der Waals surface area contributed by atoms with Crippen LogP contribution in [0.15, 0.2) is 12.1 Å². The summed E-state index contributed by atoms with van der Waals surface area (Å²) >= 11 is 0. The van der Waals surface area contributed by atoms with E-state index in [2.05, 4.69) is 45.7 Å². The van der Waals surface area contributed by atoms with Crippen molar-refractivity contribution >= 4 is 0 Å². The van der Waals surface area contributed by atoms with E-state index in [1.54, 1.807) is 0 Å². The molecule has 0 saturated heterocycles. The van der Waals surface area contributed by atoms with Gasteiger partial charge < -0.3 is 0 Å². The summed E-state index contributed by atoms with van der Waals surface area (Å²) in [5, 5.41) is 0. The Balaban J connectivity index is 3.15. The fourth-order valence-corrected chi connectivity index (χ4v) is 1.97. The molecule has 1 rings (SSSR count). The lowest BCUT2D eigenvalue weighted by atomic mass is 9.88. The summed E-state index contributed by atoms with van der Waals surface area (Å²) in [6.45, 7) is 8.68. The van der Waals surface area contributed by atoms with Crippen LogP contribution in [0.1, 0.15) is 47.9 Å². The van der Waals surface area contributed by atoms with Crippen molar-refractivity contribution in [3.05, 3.63) is 34.4 Å². The molecule has 0 nitrogen and oxygen atoms in total. The van der Waals surface area contributed by atoms with Crippen molar-refractivity contribution in [2.75, 3.05) is 0 Å². The van der Waals surface area contributed by atoms with Crippen LogP contribution in [0, 0.1) is 33.1 Å². The molecule has 0 fully saturated rings. The predicted molar refractivity (Wildman–Crippen MR) is 67.1 cm³/mol. The van der Waals surface area contributed by atoms with Crippen LogP contribution in [-0.4, -0.2) is 0 Å². The SMILES string of the molecule is C#CC(CCC)c1ccc(C)c(C)c1C. The van der Waals surface area contributed by atoms with E-state index >= 15 is 0 Å². The minimum Gasteiger partial charge on any atom is -0.119 e. The van der Waals surface area contributed by atoms with E-state index in [1.807, 2.05) is 0 Å². The molecule has 0 spiro atoms. The Morgan fingerprint density at radius 2 is 1.87 bits per heavy atom. The van der Waals surface area contributed by atoms with E-state index in [1.165, 1.54) is 22.3 Å². The molecule has 15 heavy (non-hydrogen) atoms. The number of rotatable bonds is 3. The molecule has 0 heterocycles. The summed E-state index contributed by atoms with van der Waals surface area (Å²) in [4.78, 5) is 0. The molecule has 0 aliphatic heterocycles. The Labute approximate surface area is 93.7 Å². The molecule has 1 aromatic rings. The summed E-state index contributed by atoms with van der Waals surface area (Å²) < 4.78 is 0. The second-order valence-electron chi connectivity index (χ2n) is 4.23. The predicted octanol–water partition coefficient (Wildman–Crippen LogP) is 4.13. The molecule has 0 amide bonds. The van der Waals surface area contributed by atoms with Gasteiger partial charge in [-0.25, -0.2) is 0 Å². The molecule has 0 radical (unpaired) electrons. The highest BCUT2D eigenvalue weighted by atomic mass is 14.2. The molecule has 0 saturated carbocycles. The first-order valence-electron chi connectivity index (χ1n) is 5.64. The average molecular weight is 200 g/mol. The van der Waals surface area contributed by atoms with Crippen LogP contribution >= 0.6 is 0 Å². The van der Waals surface area contributed by atoms with Crippen LogP contribution in [0.4, 0.5) is 0 Å². The van der Waals surface area contributed by atoms with Gasteiger partial charge >= 0.3 is 0 Å². The number of terminal acetylenes is 1. The Kier molecular flexibility index (Phi) is 3.97. The number of aryl methyl sites for hydroxylation is 1. The van der Waals surface area contributed by atoms with Crippen LogP contribution in [0.2, 0.25) is 0 Å². The minimum atomic E-state index is 0.286. The maximum atomic E-state index is 5.60. The first-order chi connectivity index (χ1) is 7.11. The van der Waals surface area contributed by atoms with E-state index in [9.17, 15) is 0 Å². The standard InChI is InChI=1S/C15H20/c1-6-8-14(7-2)15-10-9-11(3)12(4)13(15)5/h2,9-10,14H,6,8H2,1,3-5H3. The lowest BCUT2D eigenvalue weighted by Crippen LogP contribution is -2.01. The van der Waals surface area contributed by atoms with Gasteiger partial charge in [0, 0.05) is 5.92 Å². The van der Waals surface area contributed by atoms with Crippen molar-refractivity contribution in [1.29, 1.82) is 0 Å². The number of hydrogen-bond donors (Lipinski definition) is 0. The highest BCUT2D eigenvalue weighted by Gasteiger charge is 2.11. The van der Waals surface area contributed by atoms with Crippen molar-refractivity contribution in [2.24, 2.45) is 0 Å². The van der Waals surface area contributed by atoms with Gasteiger partial charge in [0.1, 0.15) is 0 Å². The second-order valence-corrected chi connectivity index (χ2v) is 4.23. The molecule has 1 unspecified atom stereocenters. The van der Waals surface area contributed by atoms with E-state index in [0.29, 0.717) is 0 Å². The van der Waals surface area contributed by atoms with E-state index < -0.39 is 0 Å². The molecule has 0 aromatic heterocycles. The lowest BCUT2D eigenvalue weighted by Gasteiger charge is -2.16. The fourth-order valence-electron chi connectivity index (χ4n) is 1.97. The summed E-state index contributed by atoms with van der Waals surface area (Å²) in [6, 6.07) is 4.37. The third-order valence-corrected chi connectivity index (χ3v) is 3.25. The van der Waals surface area contributed by atoms with Gasteiger partial charge in [-0.1, -0.05) is 31.4 Å². The highest BCUT2D eigenvalue weighted by molar-refractivity contribution is 5.42. The third kappa shape index (κ3) is 2.42. The van der Waals surface area contributed by atoms with Crippen molar-refractivity contribution in [2.45, 2.75) is 46.5 Å². The third-order valence-electron chi connectivity index (χ3n) is 3.25. The zero-order valence-electron chi connectivity index (χ0n) is 10.2. The second kappa shape index (κ2) is 5.03. The van der Waals surface area contributed by atoms with Crippen LogP contribution in [0.5, 0.6) is 0 Å². The molecular formula is C15H20. The molecule has 0 heteroatoms. The monoisotopic (exact) mass is 200 g/mol. The normalized spacial score (nSPS) is 12.2. The molecule has 80 valence electrons. The topological polar surface area (TPSA) is 0 Å². The van der Waals surface area contributed by atoms with Crippen molar-refractivity contribution in [3.8, 4) is 12.3 Å². The van der Waals surface area contributed by atoms with Gasteiger partial charge in [0.25, 0.3) is 0 Å². The Hall–Kier alpha value is -1.22. The van der Waals surface area contributed by atoms with Gasteiger partial charge in [0.2, 0.25) is 0 Å². The molecule has 0 N–H and O–H groups in total. The van der Waals surface area contributed by atoms with Crippen LogP contribution < -0.4 is 0 Å². The molecule has 0 aliphatic carbocycles. The summed E-state index contributed by atoms with van der Waals surface area (Å²) in [5.41, 5.74) is 5.43. The van der Waals surface area contributed by atoms with Gasteiger partial charge in [0.15, 0.2) is 0 Å². The number of hydrogen-bond acceptors (Lipinski definition) is 0. The summed E-state index contributed by atoms with van der Waals surface area (Å²) in [7, 11) is 0. The minimum absolute atomic E-state index is 0.286. The molecule has 0 aliphatic rings. The van der Waals surface area contributed by atoms with Gasteiger partial charge in [-0.05, 0) is 49.4 Å². The highest BCUT2D eigenvalue weighted by Crippen LogP contribution is 2.27. The molecular weight excluding hydrogens is 180 g/mol. The molecule has 1 atom stereocenters.